The van der Waals surface area contributed by atoms with Gasteiger partial charge in [-0.15, -0.1) is 0 Å². The van der Waals surface area contributed by atoms with E-state index in [2.05, 4.69) is 33.0 Å². The largest absolute Gasteiger partial charge is 0.311 e. The summed E-state index contributed by atoms with van der Waals surface area (Å²) in [6, 6.07) is 17.8. The first-order chi connectivity index (χ1) is 14.7. The summed E-state index contributed by atoms with van der Waals surface area (Å²) < 4.78 is 0. The summed E-state index contributed by atoms with van der Waals surface area (Å²) in [6.45, 7) is 4.56. The number of nitrogens with one attached hydrogen (secondary N) is 1. The molecule has 0 aliphatic carbocycles. The maximum absolute atomic E-state index is 8.81. The van der Waals surface area contributed by atoms with E-state index in [1.54, 1.807) is 6.20 Å². The molecule has 0 bridgehead atoms. The topological polar surface area (TPSA) is 61.3 Å². The lowest BCUT2D eigenvalue weighted by Gasteiger charge is -2.23. The van der Waals surface area contributed by atoms with Crippen molar-refractivity contribution >= 4 is 23.2 Å². The van der Waals surface area contributed by atoms with Crippen molar-refractivity contribution in [2.75, 3.05) is 11.4 Å². The average Bonchev–Trinajstić information content (AvgIpc) is 2.79. The van der Waals surface area contributed by atoms with Gasteiger partial charge in [-0.2, -0.15) is 0 Å². The first kappa shape index (κ1) is 21.8. The number of pyridine rings is 2. The van der Waals surface area contributed by atoms with Gasteiger partial charge in [0.2, 0.25) is 0 Å². The predicted octanol–water partition coefficient (Wildman–Crippen LogP) is 6.38. The number of unbranched alkanes of at least 4 members (excludes halogenated alkanes) is 3. The monoisotopic (exact) mass is 422 g/mol. The smallest absolute Gasteiger partial charge is 0.134 e. The van der Waals surface area contributed by atoms with Gasteiger partial charge in [-0.25, -0.2) is 9.97 Å². The summed E-state index contributed by atoms with van der Waals surface area (Å²) in [5.41, 5.74) is 4.79. The lowest BCUT2D eigenvalue weighted by atomic mass is 10.1. The van der Waals surface area contributed by atoms with Crippen LogP contribution in [0.4, 0.5) is 11.6 Å². The van der Waals surface area contributed by atoms with Crippen molar-refractivity contribution < 1.29 is 5.21 Å². The molecule has 0 atom stereocenters. The molecule has 30 heavy (non-hydrogen) atoms. The van der Waals surface area contributed by atoms with Crippen LogP contribution in [0.2, 0.25) is 5.02 Å². The van der Waals surface area contributed by atoms with Crippen LogP contribution in [0, 0.1) is 0 Å². The Morgan fingerprint density at radius 2 is 1.70 bits per heavy atom. The molecule has 5 nitrogen and oxygen atoms in total. The minimum Gasteiger partial charge on any atom is -0.311 e. The van der Waals surface area contributed by atoms with Crippen LogP contribution in [-0.4, -0.2) is 21.7 Å². The second kappa shape index (κ2) is 11.3. The molecule has 0 spiro atoms. The maximum Gasteiger partial charge on any atom is 0.134 e. The standard InChI is InChI=1S/C24H27ClN4O/c1-19(28-30)10-4-2-3-9-17-29(23-13-7-8-15-26-23)24-18-20(14-16-27-24)21-11-5-6-12-22(21)25/h5-8,11-16,18,28,30H,1-4,9-10,17H2. The molecule has 2 aromatic heterocycles. The number of nitrogens with zero attached hydrogens (tertiary/aromatic N) is 3. The van der Waals surface area contributed by atoms with Gasteiger partial charge in [0.1, 0.15) is 11.6 Å². The van der Waals surface area contributed by atoms with Crippen molar-refractivity contribution in [1.82, 2.24) is 15.4 Å². The molecule has 0 aliphatic rings. The highest BCUT2D eigenvalue weighted by atomic mass is 35.5. The molecule has 0 radical (unpaired) electrons. The van der Waals surface area contributed by atoms with Gasteiger partial charge in [0.25, 0.3) is 0 Å². The Balaban J connectivity index is 1.73. The Morgan fingerprint density at radius 3 is 2.47 bits per heavy atom. The number of aromatic nitrogens is 2. The number of hydrogen-bond donors (Lipinski definition) is 2. The van der Waals surface area contributed by atoms with E-state index in [1.165, 1.54) is 0 Å². The van der Waals surface area contributed by atoms with Gasteiger partial charge in [0, 0.05) is 35.2 Å². The van der Waals surface area contributed by atoms with Crippen molar-refractivity contribution in [3.63, 3.8) is 0 Å². The zero-order valence-electron chi connectivity index (χ0n) is 17.0. The van der Waals surface area contributed by atoms with Crippen LogP contribution < -0.4 is 10.4 Å². The fourth-order valence-corrected chi connectivity index (χ4v) is 3.55. The van der Waals surface area contributed by atoms with E-state index in [4.69, 9.17) is 16.8 Å². The molecule has 6 heteroatoms. The highest BCUT2D eigenvalue weighted by Crippen LogP contribution is 2.31. The fraction of sp³-hybridized carbons (Fsp3) is 0.250. The molecule has 156 valence electrons. The molecule has 1 aromatic carbocycles. The minimum atomic E-state index is 0.658. The molecular formula is C24H27ClN4O. The van der Waals surface area contributed by atoms with Gasteiger partial charge >= 0.3 is 0 Å². The van der Waals surface area contributed by atoms with Crippen molar-refractivity contribution in [3.8, 4) is 11.1 Å². The summed E-state index contributed by atoms with van der Waals surface area (Å²) in [5, 5.41) is 9.53. The summed E-state index contributed by atoms with van der Waals surface area (Å²) >= 11 is 6.40. The zero-order chi connectivity index (χ0) is 21.2. The SMILES string of the molecule is C=C(CCCCCCN(c1ccccn1)c1cc(-c2ccccc2Cl)ccn1)NO. The lowest BCUT2D eigenvalue weighted by Crippen LogP contribution is -2.20. The van der Waals surface area contributed by atoms with E-state index in [-0.39, 0.29) is 0 Å². The third-order valence-corrected chi connectivity index (χ3v) is 5.23. The van der Waals surface area contributed by atoms with Crippen LogP contribution in [-0.2, 0) is 0 Å². The fourth-order valence-electron chi connectivity index (χ4n) is 3.31. The summed E-state index contributed by atoms with van der Waals surface area (Å²) in [5.74, 6) is 1.73. The Bertz CT molecular complexity index is 949. The quantitative estimate of drug-likeness (QED) is 0.277. The van der Waals surface area contributed by atoms with Crippen LogP contribution in [0.3, 0.4) is 0 Å². The lowest BCUT2D eigenvalue weighted by molar-refractivity contribution is 0.196. The first-order valence-corrected chi connectivity index (χ1v) is 10.5. The van der Waals surface area contributed by atoms with E-state index in [1.807, 2.05) is 54.7 Å². The van der Waals surface area contributed by atoms with Gasteiger partial charge in [-0.05, 0) is 55.2 Å². The van der Waals surface area contributed by atoms with E-state index in [9.17, 15) is 0 Å². The molecule has 0 fully saturated rings. The molecule has 2 N–H and O–H groups in total. The van der Waals surface area contributed by atoms with Gasteiger partial charge in [-0.3, -0.25) is 10.7 Å². The Labute approximate surface area is 183 Å². The number of halogens is 1. The van der Waals surface area contributed by atoms with Crippen LogP contribution >= 0.6 is 11.6 Å². The van der Waals surface area contributed by atoms with E-state index >= 15 is 0 Å². The molecule has 2 heterocycles. The maximum atomic E-state index is 8.81. The van der Waals surface area contributed by atoms with Gasteiger partial charge in [0.05, 0.1) is 0 Å². The molecule has 0 saturated carbocycles. The van der Waals surface area contributed by atoms with Crippen molar-refractivity contribution in [2.45, 2.75) is 32.1 Å². The number of allylic oxidation sites excluding steroid dienone is 1. The number of hydroxylamine groups is 1. The first-order valence-electron chi connectivity index (χ1n) is 10.2. The van der Waals surface area contributed by atoms with Crippen LogP contribution in [0.25, 0.3) is 11.1 Å². The molecule has 0 amide bonds. The third-order valence-electron chi connectivity index (χ3n) is 4.90. The highest BCUT2D eigenvalue weighted by Gasteiger charge is 2.13. The van der Waals surface area contributed by atoms with E-state index in [0.29, 0.717) is 5.70 Å². The van der Waals surface area contributed by atoms with Crippen LogP contribution in [0.15, 0.2) is 79.3 Å². The van der Waals surface area contributed by atoms with Gasteiger partial charge < -0.3 is 4.90 Å². The van der Waals surface area contributed by atoms with E-state index < -0.39 is 0 Å². The summed E-state index contributed by atoms with van der Waals surface area (Å²) in [6.07, 6.45) is 8.55. The zero-order valence-corrected chi connectivity index (χ0v) is 17.7. The highest BCUT2D eigenvalue weighted by molar-refractivity contribution is 6.33. The predicted molar refractivity (Wildman–Crippen MR) is 123 cm³/mol. The van der Waals surface area contributed by atoms with Crippen molar-refractivity contribution in [1.29, 1.82) is 0 Å². The number of hydrogen-bond acceptors (Lipinski definition) is 5. The van der Waals surface area contributed by atoms with E-state index in [0.717, 1.165) is 66.4 Å². The number of rotatable bonds is 11. The molecule has 3 rings (SSSR count). The third kappa shape index (κ3) is 6.05. The molecule has 3 aromatic rings. The van der Waals surface area contributed by atoms with Gasteiger partial charge in [0.15, 0.2) is 0 Å². The van der Waals surface area contributed by atoms with Crippen LogP contribution in [0.1, 0.15) is 32.1 Å². The normalized spacial score (nSPS) is 10.6. The Hall–Kier alpha value is -2.89. The van der Waals surface area contributed by atoms with Crippen LogP contribution in [0.5, 0.6) is 0 Å². The second-order valence-corrected chi connectivity index (χ2v) is 7.51. The Morgan fingerprint density at radius 1 is 0.933 bits per heavy atom. The average molecular weight is 423 g/mol. The molecule has 0 aliphatic heterocycles. The molecule has 0 unspecified atom stereocenters. The molecular weight excluding hydrogens is 396 g/mol. The minimum absolute atomic E-state index is 0.658. The number of anilines is 2. The van der Waals surface area contributed by atoms with Crippen molar-refractivity contribution in [3.05, 3.63) is 84.3 Å². The summed E-state index contributed by atoms with van der Waals surface area (Å²) in [7, 11) is 0. The molecule has 0 saturated heterocycles. The second-order valence-electron chi connectivity index (χ2n) is 7.10. The van der Waals surface area contributed by atoms with Gasteiger partial charge in [-0.1, -0.05) is 55.3 Å². The number of benzene rings is 1. The summed E-state index contributed by atoms with van der Waals surface area (Å²) in [4.78, 5) is 11.3. The van der Waals surface area contributed by atoms with Crippen molar-refractivity contribution in [2.24, 2.45) is 0 Å². The Kier molecular flexibility index (Phi) is 8.24.